The lowest BCUT2D eigenvalue weighted by molar-refractivity contribution is -0.145. The molecule has 1 aromatic carbocycles. The monoisotopic (exact) mass is 368 g/mol. The quantitative estimate of drug-likeness (QED) is 0.600. The summed E-state index contributed by atoms with van der Waals surface area (Å²) in [5.41, 5.74) is 0.483. The Kier molecular flexibility index (Phi) is 6.84. The SMILES string of the molecule is O=C(COc1ccc(Cl)cc1Cl)OCCNC(=O)c1ccncc1. The van der Waals surface area contributed by atoms with E-state index in [-0.39, 0.29) is 25.7 Å². The van der Waals surface area contributed by atoms with Gasteiger partial charge in [-0.2, -0.15) is 0 Å². The van der Waals surface area contributed by atoms with Crippen LogP contribution in [0, 0.1) is 0 Å². The zero-order valence-electron chi connectivity index (χ0n) is 12.5. The molecule has 0 fully saturated rings. The van der Waals surface area contributed by atoms with Gasteiger partial charge in [-0.05, 0) is 30.3 Å². The van der Waals surface area contributed by atoms with Gasteiger partial charge in [0, 0.05) is 23.0 Å². The molecule has 1 amide bonds. The van der Waals surface area contributed by atoms with E-state index in [1.165, 1.54) is 18.5 Å². The number of carbonyl (C=O) groups is 2. The molecule has 0 aliphatic rings. The zero-order valence-corrected chi connectivity index (χ0v) is 14.0. The molecule has 24 heavy (non-hydrogen) atoms. The molecule has 1 aromatic heterocycles. The second kappa shape index (κ2) is 9.10. The summed E-state index contributed by atoms with van der Waals surface area (Å²) in [6.07, 6.45) is 3.04. The highest BCUT2D eigenvalue weighted by Gasteiger charge is 2.08. The molecule has 0 spiro atoms. The second-order valence-corrected chi connectivity index (χ2v) is 5.42. The van der Waals surface area contributed by atoms with Crippen molar-refractivity contribution in [1.82, 2.24) is 10.3 Å². The van der Waals surface area contributed by atoms with Crippen LogP contribution < -0.4 is 10.1 Å². The number of rotatable bonds is 7. The van der Waals surface area contributed by atoms with Gasteiger partial charge in [-0.15, -0.1) is 0 Å². The van der Waals surface area contributed by atoms with Crippen molar-refractivity contribution in [2.45, 2.75) is 0 Å². The third kappa shape index (κ3) is 5.72. The summed E-state index contributed by atoms with van der Waals surface area (Å²) in [6.45, 7) is -0.0678. The smallest absolute Gasteiger partial charge is 0.344 e. The van der Waals surface area contributed by atoms with Crippen molar-refractivity contribution in [2.75, 3.05) is 19.8 Å². The van der Waals surface area contributed by atoms with E-state index in [0.29, 0.717) is 21.4 Å². The van der Waals surface area contributed by atoms with Crippen LogP contribution in [-0.4, -0.2) is 36.6 Å². The molecule has 2 aromatic rings. The highest BCUT2D eigenvalue weighted by atomic mass is 35.5. The van der Waals surface area contributed by atoms with Crippen molar-refractivity contribution in [1.29, 1.82) is 0 Å². The number of esters is 1. The molecule has 1 N–H and O–H groups in total. The summed E-state index contributed by atoms with van der Waals surface area (Å²) < 4.78 is 10.2. The van der Waals surface area contributed by atoms with E-state index in [2.05, 4.69) is 10.3 Å². The summed E-state index contributed by atoms with van der Waals surface area (Å²) in [7, 11) is 0. The van der Waals surface area contributed by atoms with Crippen molar-refractivity contribution < 1.29 is 19.1 Å². The van der Waals surface area contributed by atoms with Gasteiger partial charge in [0.25, 0.3) is 5.91 Å². The Morgan fingerprint density at radius 3 is 2.58 bits per heavy atom. The standard InChI is InChI=1S/C16H14Cl2N2O4/c17-12-1-2-14(13(18)9-12)24-10-15(21)23-8-7-20-16(22)11-3-5-19-6-4-11/h1-6,9H,7-8,10H2,(H,20,22). The maximum absolute atomic E-state index is 11.7. The molecule has 0 saturated heterocycles. The molecule has 6 nitrogen and oxygen atoms in total. The number of halogens is 2. The normalized spacial score (nSPS) is 10.1. The Balaban J connectivity index is 1.65. The fourth-order valence-corrected chi connectivity index (χ4v) is 2.17. The third-order valence-electron chi connectivity index (χ3n) is 2.83. The first-order chi connectivity index (χ1) is 11.6. The summed E-state index contributed by atoms with van der Waals surface area (Å²) >= 11 is 11.7. The largest absolute Gasteiger partial charge is 0.480 e. The summed E-state index contributed by atoms with van der Waals surface area (Å²) in [5.74, 6) is -0.499. The number of pyridine rings is 1. The van der Waals surface area contributed by atoms with Gasteiger partial charge in [0.05, 0.1) is 11.6 Å². The maximum atomic E-state index is 11.7. The number of carbonyl (C=O) groups excluding carboxylic acids is 2. The van der Waals surface area contributed by atoms with Gasteiger partial charge in [-0.25, -0.2) is 4.79 Å². The Morgan fingerprint density at radius 1 is 1.12 bits per heavy atom. The van der Waals surface area contributed by atoms with E-state index in [9.17, 15) is 9.59 Å². The van der Waals surface area contributed by atoms with E-state index in [4.69, 9.17) is 32.7 Å². The molecule has 0 bridgehead atoms. The minimum absolute atomic E-state index is 0.0351. The number of hydrogen-bond acceptors (Lipinski definition) is 5. The van der Waals surface area contributed by atoms with Crippen LogP contribution in [0.3, 0.4) is 0 Å². The molecule has 1 heterocycles. The van der Waals surface area contributed by atoms with Crippen molar-refractivity contribution >= 4 is 35.1 Å². The Hall–Kier alpha value is -2.31. The summed E-state index contributed by atoms with van der Waals surface area (Å²) in [4.78, 5) is 27.1. The van der Waals surface area contributed by atoms with Gasteiger partial charge in [0.15, 0.2) is 6.61 Å². The number of nitrogens with zero attached hydrogens (tertiary/aromatic N) is 1. The predicted molar refractivity (Wildman–Crippen MR) is 89.5 cm³/mol. The van der Waals surface area contributed by atoms with E-state index < -0.39 is 5.97 Å². The van der Waals surface area contributed by atoms with Crippen LogP contribution in [0.5, 0.6) is 5.75 Å². The van der Waals surface area contributed by atoms with Crippen molar-refractivity contribution in [3.8, 4) is 5.75 Å². The number of hydrogen-bond donors (Lipinski definition) is 1. The highest BCUT2D eigenvalue weighted by Crippen LogP contribution is 2.27. The highest BCUT2D eigenvalue weighted by molar-refractivity contribution is 6.35. The molecular weight excluding hydrogens is 355 g/mol. The molecule has 2 rings (SSSR count). The molecule has 0 aliphatic heterocycles. The van der Waals surface area contributed by atoms with Crippen molar-refractivity contribution in [3.63, 3.8) is 0 Å². The number of benzene rings is 1. The van der Waals surface area contributed by atoms with Gasteiger partial charge in [-0.1, -0.05) is 23.2 Å². The van der Waals surface area contributed by atoms with Gasteiger partial charge in [-0.3, -0.25) is 9.78 Å². The average Bonchev–Trinajstić information content (AvgIpc) is 2.58. The van der Waals surface area contributed by atoms with Gasteiger partial charge in [0.2, 0.25) is 0 Å². The first kappa shape index (κ1) is 18.0. The minimum Gasteiger partial charge on any atom is -0.480 e. The Bertz CT molecular complexity index is 710. The maximum Gasteiger partial charge on any atom is 0.344 e. The molecule has 126 valence electrons. The second-order valence-electron chi connectivity index (χ2n) is 4.58. The third-order valence-corrected chi connectivity index (χ3v) is 3.36. The van der Waals surface area contributed by atoms with Gasteiger partial charge < -0.3 is 14.8 Å². The number of aromatic nitrogens is 1. The first-order valence-corrected chi connectivity index (χ1v) is 7.73. The van der Waals surface area contributed by atoms with Crippen LogP contribution >= 0.6 is 23.2 Å². The number of amides is 1. The van der Waals surface area contributed by atoms with Crippen LogP contribution in [0.15, 0.2) is 42.7 Å². The molecule has 0 unspecified atom stereocenters. The minimum atomic E-state index is -0.570. The average molecular weight is 369 g/mol. The van der Waals surface area contributed by atoms with Crippen LogP contribution in [0.25, 0.3) is 0 Å². The van der Waals surface area contributed by atoms with E-state index in [0.717, 1.165) is 0 Å². The van der Waals surface area contributed by atoms with E-state index >= 15 is 0 Å². The number of ether oxygens (including phenoxy) is 2. The summed E-state index contributed by atoms with van der Waals surface area (Å²) in [6, 6.07) is 7.85. The van der Waals surface area contributed by atoms with Crippen LogP contribution in [0.2, 0.25) is 10.0 Å². The van der Waals surface area contributed by atoms with Crippen LogP contribution in [-0.2, 0) is 9.53 Å². The lowest BCUT2D eigenvalue weighted by Crippen LogP contribution is -2.28. The fourth-order valence-electron chi connectivity index (χ4n) is 1.71. The predicted octanol–water partition coefficient (Wildman–Crippen LogP) is 2.74. The molecule has 0 aliphatic carbocycles. The van der Waals surface area contributed by atoms with Crippen molar-refractivity contribution in [2.24, 2.45) is 0 Å². The first-order valence-electron chi connectivity index (χ1n) is 6.98. The molecule has 0 saturated carbocycles. The summed E-state index contributed by atoms with van der Waals surface area (Å²) in [5, 5.41) is 3.40. The molecule has 8 heteroatoms. The lowest BCUT2D eigenvalue weighted by atomic mass is 10.2. The topological polar surface area (TPSA) is 77.5 Å². The Labute approximate surface area is 148 Å². The molecule has 0 radical (unpaired) electrons. The fraction of sp³-hybridized carbons (Fsp3) is 0.188. The molecule has 0 atom stereocenters. The van der Waals surface area contributed by atoms with Gasteiger partial charge in [0.1, 0.15) is 12.4 Å². The lowest BCUT2D eigenvalue weighted by Gasteiger charge is -2.09. The van der Waals surface area contributed by atoms with Crippen molar-refractivity contribution in [3.05, 3.63) is 58.3 Å². The Morgan fingerprint density at radius 2 is 1.88 bits per heavy atom. The number of nitrogens with one attached hydrogen (secondary N) is 1. The molecular formula is C16H14Cl2N2O4. The van der Waals surface area contributed by atoms with E-state index in [1.807, 2.05) is 0 Å². The van der Waals surface area contributed by atoms with Crippen LogP contribution in [0.1, 0.15) is 10.4 Å². The van der Waals surface area contributed by atoms with Gasteiger partial charge >= 0.3 is 5.97 Å². The van der Waals surface area contributed by atoms with E-state index in [1.54, 1.807) is 24.3 Å². The van der Waals surface area contributed by atoms with Crippen LogP contribution in [0.4, 0.5) is 0 Å². The zero-order chi connectivity index (χ0) is 17.4.